The summed E-state index contributed by atoms with van der Waals surface area (Å²) in [5.41, 5.74) is 0.344. The number of aromatic nitrogens is 2. The second-order valence-electron chi connectivity index (χ2n) is 6.17. The topological polar surface area (TPSA) is 25.8 Å². The second kappa shape index (κ2) is 4.57. The van der Waals surface area contributed by atoms with Crippen LogP contribution in [0.15, 0.2) is 0 Å². The SMILES string of the molecule is CCC(C)(CC)c1nc2sc(C(C)(C)C)nc2s1. The Labute approximate surface area is 117 Å². The van der Waals surface area contributed by atoms with Crippen molar-refractivity contribution in [3.63, 3.8) is 0 Å². The minimum atomic E-state index is 0.129. The number of hydrogen-bond acceptors (Lipinski definition) is 4. The number of thiazole rings is 2. The van der Waals surface area contributed by atoms with Gasteiger partial charge in [-0.25, -0.2) is 9.97 Å². The Hall–Kier alpha value is -0.480. The molecule has 0 bridgehead atoms. The minimum absolute atomic E-state index is 0.129. The van der Waals surface area contributed by atoms with Gasteiger partial charge in [0.05, 0.1) is 0 Å². The van der Waals surface area contributed by atoms with E-state index in [-0.39, 0.29) is 10.8 Å². The van der Waals surface area contributed by atoms with Gasteiger partial charge in [0.15, 0.2) is 9.66 Å². The first-order valence-corrected chi connectivity index (χ1v) is 8.22. The fourth-order valence-corrected chi connectivity index (χ4v) is 4.16. The zero-order valence-corrected chi connectivity index (χ0v) is 13.8. The van der Waals surface area contributed by atoms with Gasteiger partial charge in [0.2, 0.25) is 0 Å². The summed E-state index contributed by atoms with van der Waals surface area (Å²) in [6.45, 7) is 13.4. The molecule has 4 heteroatoms. The van der Waals surface area contributed by atoms with Crippen LogP contribution in [0.4, 0.5) is 0 Å². The van der Waals surface area contributed by atoms with Crippen molar-refractivity contribution < 1.29 is 0 Å². The van der Waals surface area contributed by atoms with Gasteiger partial charge in [-0.05, 0) is 12.8 Å². The molecule has 0 amide bonds. The van der Waals surface area contributed by atoms with E-state index in [0.29, 0.717) is 0 Å². The first-order valence-electron chi connectivity index (χ1n) is 6.58. The van der Waals surface area contributed by atoms with Crippen molar-refractivity contribution in [1.29, 1.82) is 0 Å². The Morgan fingerprint density at radius 2 is 1.28 bits per heavy atom. The summed E-state index contributed by atoms with van der Waals surface area (Å²) in [5.74, 6) is 0. The lowest BCUT2D eigenvalue weighted by molar-refractivity contribution is 0.437. The van der Waals surface area contributed by atoms with Gasteiger partial charge in [0.1, 0.15) is 10.0 Å². The molecular formula is C14H22N2S2. The average molecular weight is 282 g/mol. The van der Waals surface area contributed by atoms with E-state index in [1.165, 1.54) is 10.0 Å². The Morgan fingerprint density at radius 1 is 0.833 bits per heavy atom. The van der Waals surface area contributed by atoms with E-state index in [1.54, 1.807) is 22.7 Å². The second-order valence-corrected chi connectivity index (χ2v) is 8.12. The average Bonchev–Trinajstić information content (AvgIpc) is 2.84. The van der Waals surface area contributed by atoms with E-state index in [9.17, 15) is 0 Å². The molecule has 2 aromatic rings. The molecule has 2 rings (SSSR count). The van der Waals surface area contributed by atoms with E-state index in [0.717, 1.165) is 22.5 Å². The molecule has 0 aliphatic heterocycles. The van der Waals surface area contributed by atoms with Gasteiger partial charge in [0.25, 0.3) is 0 Å². The summed E-state index contributed by atoms with van der Waals surface area (Å²) in [5, 5.41) is 2.44. The smallest absolute Gasteiger partial charge is 0.155 e. The molecule has 18 heavy (non-hydrogen) atoms. The number of rotatable bonds is 3. The Kier molecular flexibility index (Phi) is 3.54. The summed E-state index contributed by atoms with van der Waals surface area (Å²) in [7, 11) is 0. The Morgan fingerprint density at radius 3 is 1.72 bits per heavy atom. The lowest BCUT2D eigenvalue weighted by Crippen LogP contribution is -2.18. The van der Waals surface area contributed by atoms with Crippen molar-refractivity contribution in [1.82, 2.24) is 9.97 Å². The highest BCUT2D eigenvalue weighted by Gasteiger charge is 2.28. The van der Waals surface area contributed by atoms with Gasteiger partial charge >= 0.3 is 0 Å². The van der Waals surface area contributed by atoms with Crippen molar-refractivity contribution in [2.75, 3.05) is 0 Å². The van der Waals surface area contributed by atoms with Gasteiger partial charge in [-0.3, -0.25) is 0 Å². The van der Waals surface area contributed by atoms with Gasteiger partial charge in [-0.1, -0.05) is 64.2 Å². The maximum Gasteiger partial charge on any atom is 0.155 e. The molecule has 2 nitrogen and oxygen atoms in total. The van der Waals surface area contributed by atoms with Crippen LogP contribution in [0.5, 0.6) is 0 Å². The van der Waals surface area contributed by atoms with Crippen LogP contribution in [0.3, 0.4) is 0 Å². The van der Waals surface area contributed by atoms with Crippen molar-refractivity contribution in [2.24, 2.45) is 0 Å². The van der Waals surface area contributed by atoms with Crippen LogP contribution in [0.1, 0.15) is 64.4 Å². The molecule has 0 saturated heterocycles. The molecule has 2 heterocycles. The molecule has 0 radical (unpaired) electrons. The highest BCUT2D eigenvalue weighted by atomic mass is 32.1. The van der Waals surface area contributed by atoms with Gasteiger partial charge in [-0.15, -0.1) is 0 Å². The lowest BCUT2D eigenvalue weighted by atomic mass is 9.86. The van der Waals surface area contributed by atoms with E-state index < -0.39 is 0 Å². The van der Waals surface area contributed by atoms with Crippen LogP contribution < -0.4 is 0 Å². The van der Waals surface area contributed by atoms with Crippen LogP contribution in [-0.4, -0.2) is 9.97 Å². The quantitative estimate of drug-likeness (QED) is 0.780. The van der Waals surface area contributed by atoms with Crippen LogP contribution >= 0.6 is 22.7 Å². The first kappa shape index (κ1) is 13.9. The number of nitrogens with zero attached hydrogens (tertiary/aromatic N) is 2. The molecule has 0 saturated carbocycles. The summed E-state index contributed by atoms with van der Waals surface area (Å²) < 4.78 is 0. The van der Waals surface area contributed by atoms with Gasteiger partial charge in [-0.2, -0.15) is 0 Å². The zero-order chi connectivity index (χ0) is 13.6. The largest absolute Gasteiger partial charge is 0.228 e. The predicted octanol–water partition coefficient (Wildman–Crippen LogP) is 5.13. The monoisotopic (exact) mass is 282 g/mol. The molecule has 0 N–H and O–H groups in total. The molecule has 0 atom stereocenters. The van der Waals surface area contributed by atoms with Gasteiger partial charge < -0.3 is 0 Å². The molecule has 100 valence electrons. The molecule has 0 fully saturated rings. The molecular weight excluding hydrogens is 260 g/mol. The molecule has 0 aromatic carbocycles. The third kappa shape index (κ3) is 2.32. The highest BCUT2D eigenvalue weighted by Crippen LogP contribution is 2.39. The van der Waals surface area contributed by atoms with Crippen molar-refractivity contribution in [3.05, 3.63) is 10.0 Å². The van der Waals surface area contributed by atoms with E-state index in [1.807, 2.05) is 0 Å². The van der Waals surface area contributed by atoms with Crippen molar-refractivity contribution in [2.45, 2.75) is 65.2 Å². The lowest BCUT2D eigenvalue weighted by Gasteiger charge is -2.23. The zero-order valence-electron chi connectivity index (χ0n) is 12.1. The highest BCUT2D eigenvalue weighted by molar-refractivity contribution is 7.26. The predicted molar refractivity (Wildman–Crippen MR) is 81.9 cm³/mol. The molecule has 0 aliphatic rings. The standard InChI is InChI=1S/C14H22N2S2/c1-7-14(6,8-2)12-16-10-9(18-12)15-11(17-10)13(3,4)5/h7-8H2,1-6H3. The summed E-state index contributed by atoms with van der Waals surface area (Å²) in [6.07, 6.45) is 2.27. The molecule has 0 aliphatic carbocycles. The minimum Gasteiger partial charge on any atom is -0.228 e. The summed E-state index contributed by atoms with van der Waals surface area (Å²) in [4.78, 5) is 11.8. The third-order valence-electron chi connectivity index (χ3n) is 3.69. The third-order valence-corrected chi connectivity index (χ3v) is 6.45. The van der Waals surface area contributed by atoms with Gasteiger partial charge in [0, 0.05) is 10.8 Å². The van der Waals surface area contributed by atoms with E-state index >= 15 is 0 Å². The van der Waals surface area contributed by atoms with E-state index in [2.05, 4.69) is 41.5 Å². The maximum atomic E-state index is 4.84. The Balaban J connectivity index is 2.45. The Bertz CT molecular complexity index is 510. The fraction of sp³-hybridized carbons (Fsp3) is 0.714. The summed E-state index contributed by atoms with van der Waals surface area (Å²) >= 11 is 3.53. The van der Waals surface area contributed by atoms with Crippen molar-refractivity contribution in [3.8, 4) is 0 Å². The maximum absolute atomic E-state index is 4.84. The van der Waals surface area contributed by atoms with Crippen LogP contribution in [-0.2, 0) is 10.8 Å². The molecule has 0 spiro atoms. The van der Waals surface area contributed by atoms with E-state index in [4.69, 9.17) is 9.97 Å². The normalized spacial score (nSPS) is 13.4. The molecule has 2 aromatic heterocycles. The van der Waals surface area contributed by atoms with Crippen LogP contribution in [0.2, 0.25) is 0 Å². The summed E-state index contributed by atoms with van der Waals surface area (Å²) in [6, 6.07) is 0. The number of fused-ring (bicyclic) bond motifs is 1. The number of hydrogen-bond donors (Lipinski definition) is 0. The van der Waals surface area contributed by atoms with Crippen LogP contribution in [0, 0.1) is 0 Å². The molecule has 0 unspecified atom stereocenters. The van der Waals surface area contributed by atoms with Crippen molar-refractivity contribution >= 4 is 32.3 Å². The van der Waals surface area contributed by atoms with Crippen LogP contribution in [0.25, 0.3) is 9.66 Å². The first-order chi connectivity index (χ1) is 8.30. The fourth-order valence-electron chi connectivity index (χ4n) is 1.77.